The van der Waals surface area contributed by atoms with Crippen LogP contribution in [0.2, 0.25) is 0 Å². The Labute approximate surface area is 163 Å². The molecule has 0 aromatic heterocycles. The summed E-state index contributed by atoms with van der Waals surface area (Å²) < 4.78 is 7.50. The molecule has 6 heteroatoms. The molecule has 1 atom stereocenters. The number of ketones is 2. The molecule has 25 heavy (non-hydrogen) atoms. The average Bonchev–Trinajstić information content (AvgIpc) is 3.35. The van der Waals surface area contributed by atoms with Crippen molar-refractivity contribution in [3.63, 3.8) is 0 Å². The number of benzene rings is 1. The van der Waals surface area contributed by atoms with Crippen molar-refractivity contribution in [2.45, 2.75) is 12.8 Å². The van der Waals surface area contributed by atoms with Crippen LogP contribution in [0.25, 0.3) is 5.59 Å². The zero-order valence-corrected chi connectivity index (χ0v) is 15.4. The summed E-state index contributed by atoms with van der Waals surface area (Å²) in [6.07, 6.45) is 14.3. The summed E-state index contributed by atoms with van der Waals surface area (Å²) in [5.74, 6) is 0.339. The quantitative estimate of drug-likeness (QED) is 0.324. The molecule has 5 nitrogen and oxygen atoms in total. The van der Waals surface area contributed by atoms with Gasteiger partial charge < -0.3 is 10.5 Å². The van der Waals surface area contributed by atoms with Gasteiger partial charge in [-0.3, -0.25) is 9.59 Å². The molecule has 1 aromatic carbocycles. The van der Waals surface area contributed by atoms with Gasteiger partial charge in [-0.25, -0.2) is 0 Å². The van der Waals surface area contributed by atoms with Gasteiger partial charge >= 0.3 is 11.3 Å². The Morgan fingerprint density at radius 1 is 1.04 bits per heavy atom. The Hall–Kier alpha value is -1.67. The molecule has 2 aliphatic rings. The van der Waals surface area contributed by atoms with Crippen LogP contribution >= 0.6 is 0 Å². The van der Waals surface area contributed by atoms with Crippen molar-refractivity contribution in [1.29, 1.82) is 0 Å². The number of rotatable bonds is 3. The zero-order chi connectivity index (χ0) is 18.2. The number of hydrogen-bond acceptors (Lipinski definition) is 3. The van der Waals surface area contributed by atoms with Gasteiger partial charge in [0.25, 0.3) is 0 Å². The Kier molecular flexibility index (Phi) is 17.6. The third-order valence-electron chi connectivity index (χ3n) is 3.12. The van der Waals surface area contributed by atoms with Crippen molar-refractivity contribution in [2.24, 2.45) is 5.92 Å². The van der Waals surface area contributed by atoms with Crippen LogP contribution in [0.3, 0.4) is 0 Å². The predicted molar refractivity (Wildman–Crippen MR) is 89.8 cm³/mol. The Balaban J connectivity index is 0. The second kappa shape index (κ2) is 17.2. The van der Waals surface area contributed by atoms with Crippen LogP contribution in [0.1, 0.15) is 23.2 Å². The van der Waals surface area contributed by atoms with Crippen LogP contribution in [-0.2, 0) is 30.5 Å². The van der Waals surface area contributed by atoms with Crippen molar-refractivity contribution >= 4 is 11.6 Å². The summed E-state index contributed by atoms with van der Waals surface area (Å²) in [4.78, 5) is 30.0. The molecule has 2 aliphatic carbocycles. The van der Waals surface area contributed by atoms with E-state index in [9.17, 15) is 9.59 Å². The first-order valence-electron chi connectivity index (χ1n) is 7.10. The molecule has 129 valence electrons. The molecule has 1 unspecified atom stereocenters. The predicted octanol–water partition coefficient (Wildman–Crippen LogP) is 3.71. The second-order valence-electron chi connectivity index (χ2n) is 4.75. The average molecular weight is 419 g/mol. The summed E-state index contributed by atoms with van der Waals surface area (Å²) in [5, 5.41) is 0. The van der Waals surface area contributed by atoms with Gasteiger partial charge in [0.1, 0.15) is 0 Å². The number of Topliss-reactive ketones (excluding diaryl/α,β-unsaturated/α-hetero) is 1. The smallest absolute Gasteiger partial charge is 0 e. The van der Waals surface area contributed by atoms with E-state index in [1.165, 1.54) is 0 Å². The largest absolute Gasteiger partial charge is 0.577 e. The van der Waals surface area contributed by atoms with E-state index in [-0.39, 0.29) is 38.5 Å². The topological polar surface area (TPSA) is 93.4 Å². The number of carbonyl (C=O) groups is 2. The molecule has 0 amide bonds. The maximum atomic E-state index is 11.8. The van der Waals surface area contributed by atoms with Gasteiger partial charge in [-0.1, -0.05) is 36.4 Å². The zero-order valence-electron chi connectivity index (χ0n) is 13.4. The normalized spacial score (nSPS) is 16.7. The maximum Gasteiger partial charge on any atom is 0 e. The van der Waals surface area contributed by atoms with Gasteiger partial charge in [0.15, 0.2) is 11.6 Å². The molecular formula is C19H17MoNO4-. The van der Waals surface area contributed by atoms with Gasteiger partial charge in [-0.15, -0.1) is 0 Å². The van der Waals surface area contributed by atoms with E-state index in [2.05, 4.69) is 6.65 Å². The molecule has 3 rings (SSSR count). The molecule has 5 radical (unpaired) electrons. The Morgan fingerprint density at radius 3 is 1.92 bits per heavy atom. The van der Waals surface area contributed by atoms with Crippen LogP contribution in [0, 0.1) is 49.6 Å². The van der Waals surface area contributed by atoms with Crippen LogP contribution in [0.4, 0.5) is 0 Å². The summed E-state index contributed by atoms with van der Waals surface area (Å²) in [7, 11) is 0. The summed E-state index contributed by atoms with van der Waals surface area (Å²) in [6.45, 7) is 4.50. The fourth-order valence-corrected chi connectivity index (χ4v) is 2.08. The fraction of sp³-hybridized carbons (Fsp3) is 0.158. The molecule has 0 bridgehead atoms. The van der Waals surface area contributed by atoms with E-state index in [0.717, 1.165) is 5.56 Å². The fourth-order valence-electron chi connectivity index (χ4n) is 2.08. The van der Waals surface area contributed by atoms with Crippen LogP contribution in [0.15, 0.2) is 42.5 Å². The number of nitrogens with zero attached hydrogens (tertiary/aromatic N) is 1. The van der Waals surface area contributed by atoms with Gasteiger partial charge in [0.05, 0.1) is 0 Å². The van der Waals surface area contributed by atoms with Crippen molar-refractivity contribution in [1.82, 2.24) is 0 Å². The SMILES string of the molecule is O=C1C=CC(CC(=O)c2ccccc2)C1.[C-]#[O+].[CH]1[CH][CH][CH][CH]1.[Mo].[N-]=O. The van der Waals surface area contributed by atoms with E-state index in [1.807, 2.05) is 68.5 Å². The monoisotopic (exact) mass is 421 g/mol. The van der Waals surface area contributed by atoms with Gasteiger partial charge in [-0.05, 0) is 44.1 Å². The third kappa shape index (κ3) is 11.5. The Bertz CT molecular complexity index is 531. The molecule has 0 N–H and O–H groups in total. The maximum absolute atomic E-state index is 11.8. The van der Waals surface area contributed by atoms with Crippen molar-refractivity contribution in [2.75, 3.05) is 0 Å². The number of allylic oxidation sites excluding steroid dienone is 2. The number of hydrogen-bond donors (Lipinski definition) is 0. The number of carbonyl (C=O) groups excluding carboxylic acids is 2. The van der Waals surface area contributed by atoms with Gasteiger partial charge in [0.2, 0.25) is 0 Å². The van der Waals surface area contributed by atoms with E-state index in [0.29, 0.717) is 12.8 Å². The minimum atomic E-state index is 0. The Morgan fingerprint density at radius 2 is 1.52 bits per heavy atom. The van der Waals surface area contributed by atoms with Crippen LogP contribution in [0.5, 0.6) is 0 Å². The van der Waals surface area contributed by atoms with E-state index < -0.39 is 0 Å². The molecule has 1 fully saturated rings. The van der Waals surface area contributed by atoms with E-state index in [1.54, 1.807) is 6.08 Å². The summed E-state index contributed by atoms with van der Waals surface area (Å²) in [5.41, 5.74) is 6.48. The van der Waals surface area contributed by atoms with E-state index >= 15 is 0 Å². The van der Waals surface area contributed by atoms with Gasteiger partial charge in [0, 0.05) is 39.5 Å². The minimum Gasteiger partial charge on any atom is -0.577 e. The molecule has 0 heterocycles. The minimum absolute atomic E-state index is 0. The first-order valence-corrected chi connectivity index (χ1v) is 7.10. The molecule has 0 spiro atoms. The molecule has 1 saturated carbocycles. The standard InChI is InChI=1S/C13H12O2.C5H5.CO.Mo.NO/c14-12-7-6-10(8-12)9-13(15)11-4-2-1-3-5-11;1-2-4-5-3-1;1-2;;1-2/h1-7,10H,8-9H2;1-5H;;;/q;;;;-1. The summed E-state index contributed by atoms with van der Waals surface area (Å²) in [6, 6.07) is 9.20. The third-order valence-corrected chi connectivity index (χ3v) is 3.12. The second-order valence-corrected chi connectivity index (χ2v) is 4.75. The molecule has 0 saturated heterocycles. The molecular weight excluding hydrogens is 402 g/mol. The number of nitroso groups, excluding NO2 is 1. The van der Waals surface area contributed by atoms with E-state index in [4.69, 9.17) is 15.2 Å². The van der Waals surface area contributed by atoms with Crippen molar-refractivity contribution in [3.8, 4) is 0 Å². The first kappa shape index (κ1) is 25.6. The van der Waals surface area contributed by atoms with Crippen LogP contribution < -0.4 is 0 Å². The van der Waals surface area contributed by atoms with Crippen LogP contribution in [-0.4, -0.2) is 11.6 Å². The molecule has 0 aliphatic heterocycles. The van der Waals surface area contributed by atoms with Crippen molar-refractivity contribution in [3.05, 3.63) is 97.3 Å². The first-order chi connectivity index (χ1) is 11.8. The van der Waals surface area contributed by atoms with Gasteiger partial charge in [-0.2, -0.15) is 0 Å². The summed E-state index contributed by atoms with van der Waals surface area (Å²) >= 11 is 0. The van der Waals surface area contributed by atoms with Crippen molar-refractivity contribution < 1.29 is 35.3 Å². The molecule has 1 aromatic rings.